The first kappa shape index (κ1) is 17.3. The molecule has 0 aliphatic heterocycles. The topological polar surface area (TPSA) is 108 Å². The molecular formula is C14H17NO7. The van der Waals surface area contributed by atoms with Crippen LogP contribution in [0, 0.1) is 10.1 Å². The van der Waals surface area contributed by atoms with Crippen LogP contribution in [0.15, 0.2) is 24.3 Å². The Bertz CT molecular complexity index is 542. The molecule has 0 radical (unpaired) electrons. The van der Waals surface area contributed by atoms with Crippen molar-refractivity contribution in [1.29, 1.82) is 0 Å². The molecule has 0 aromatic heterocycles. The second-order valence-corrected chi connectivity index (χ2v) is 4.19. The van der Waals surface area contributed by atoms with Gasteiger partial charge in [-0.3, -0.25) is 0 Å². The van der Waals surface area contributed by atoms with Crippen molar-refractivity contribution in [3.05, 3.63) is 40.0 Å². The van der Waals surface area contributed by atoms with E-state index in [0.717, 1.165) is 6.08 Å². The van der Waals surface area contributed by atoms with Crippen LogP contribution in [0.2, 0.25) is 0 Å². The maximum absolute atomic E-state index is 10.5. The van der Waals surface area contributed by atoms with E-state index in [9.17, 15) is 14.9 Å². The van der Waals surface area contributed by atoms with Gasteiger partial charge in [-0.1, -0.05) is 6.07 Å². The molecule has 8 nitrogen and oxygen atoms in total. The summed E-state index contributed by atoms with van der Waals surface area (Å²) >= 11 is 0. The second-order valence-electron chi connectivity index (χ2n) is 4.19. The molecule has 0 aliphatic rings. The summed E-state index contributed by atoms with van der Waals surface area (Å²) in [5.74, 6) is -0.0320. The standard InChI is InChI=1S/C14H17NO7/c1-20-13-10-11(5-7-14(16)17)4-6-12(13)21-8-2-3-9-22-15(18)19/h4-7,10H,2-3,8-9H2,1H3,(H,16,17). The highest BCUT2D eigenvalue weighted by atomic mass is 16.9. The average Bonchev–Trinajstić information content (AvgIpc) is 2.48. The Balaban J connectivity index is 2.49. The van der Waals surface area contributed by atoms with E-state index in [4.69, 9.17) is 14.6 Å². The number of unbranched alkanes of at least 4 members (excludes halogenated alkanes) is 1. The van der Waals surface area contributed by atoms with Gasteiger partial charge in [0.2, 0.25) is 0 Å². The molecule has 0 saturated carbocycles. The van der Waals surface area contributed by atoms with E-state index in [0.29, 0.717) is 36.5 Å². The van der Waals surface area contributed by atoms with E-state index in [-0.39, 0.29) is 6.61 Å². The van der Waals surface area contributed by atoms with Crippen LogP contribution in [0.1, 0.15) is 18.4 Å². The first-order valence-electron chi connectivity index (χ1n) is 6.52. The van der Waals surface area contributed by atoms with Crippen molar-refractivity contribution >= 4 is 12.0 Å². The molecule has 120 valence electrons. The SMILES string of the molecule is COc1cc(C=CC(=O)O)ccc1OCCCCO[N+](=O)[O-]. The minimum Gasteiger partial charge on any atom is -0.493 e. The van der Waals surface area contributed by atoms with Gasteiger partial charge in [0.15, 0.2) is 11.5 Å². The van der Waals surface area contributed by atoms with E-state index in [2.05, 4.69) is 4.84 Å². The molecule has 0 heterocycles. The molecule has 1 aromatic rings. The lowest BCUT2D eigenvalue weighted by atomic mass is 10.2. The summed E-state index contributed by atoms with van der Waals surface area (Å²) in [5, 5.41) is 17.7. The van der Waals surface area contributed by atoms with Crippen LogP contribution in [0.4, 0.5) is 0 Å². The normalized spacial score (nSPS) is 10.4. The maximum Gasteiger partial charge on any atom is 0.328 e. The third-order valence-electron chi connectivity index (χ3n) is 2.60. The summed E-state index contributed by atoms with van der Waals surface area (Å²) in [4.78, 5) is 24.6. The molecule has 0 aliphatic carbocycles. The Labute approximate surface area is 127 Å². The third kappa shape index (κ3) is 6.60. The van der Waals surface area contributed by atoms with Crippen LogP contribution in [0.25, 0.3) is 6.08 Å². The van der Waals surface area contributed by atoms with E-state index in [1.54, 1.807) is 18.2 Å². The highest BCUT2D eigenvalue weighted by molar-refractivity contribution is 5.85. The van der Waals surface area contributed by atoms with Gasteiger partial charge in [0.1, 0.15) is 0 Å². The van der Waals surface area contributed by atoms with Crippen LogP contribution in [0.5, 0.6) is 11.5 Å². The predicted octanol–water partition coefficient (Wildman–Crippen LogP) is 2.16. The van der Waals surface area contributed by atoms with E-state index >= 15 is 0 Å². The molecule has 8 heteroatoms. The molecule has 0 amide bonds. The van der Waals surface area contributed by atoms with Gasteiger partial charge in [-0.05, 0) is 36.6 Å². The van der Waals surface area contributed by atoms with E-state index in [1.165, 1.54) is 13.2 Å². The number of hydrogen-bond acceptors (Lipinski definition) is 6. The van der Waals surface area contributed by atoms with Crippen LogP contribution >= 0.6 is 0 Å². The zero-order chi connectivity index (χ0) is 16.4. The first-order valence-corrected chi connectivity index (χ1v) is 6.52. The summed E-state index contributed by atoms with van der Waals surface area (Å²) in [6.07, 6.45) is 3.58. The number of methoxy groups -OCH3 is 1. The molecule has 0 saturated heterocycles. The van der Waals surface area contributed by atoms with Crippen molar-refractivity contribution in [3.63, 3.8) is 0 Å². The number of hydrogen-bond donors (Lipinski definition) is 1. The largest absolute Gasteiger partial charge is 0.493 e. The van der Waals surface area contributed by atoms with Gasteiger partial charge in [-0.2, -0.15) is 0 Å². The Morgan fingerprint density at radius 3 is 2.68 bits per heavy atom. The number of benzene rings is 1. The average molecular weight is 311 g/mol. The lowest BCUT2D eigenvalue weighted by molar-refractivity contribution is -0.757. The third-order valence-corrected chi connectivity index (χ3v) is 2.60. The molecule has 0 bridgehead atoms. The fourth-order valence-corrected chi connectivity index (χ4v) is 1.60. The monoisotopic (exact) mass is 311 g/mol. The van der Waals surface area contributed by atoms with E-state index < -0.39 is 11.1 Å². The van der Waals surface area contributed by atoms with Crippen molar-refractivity contribution in [2.24, 2.45) is 0 Å². The molecule has 0 fully saturated rings. The number of carbonyl (C=O) groups is 1. The summed E-state index contributed by atoms with van der Waals surface area (Å²) in [5.41, 5.74) is 0.672. The lowest BCUT2D eigenvalue weighted by Crippen LogP contribution is -2.05. The molecule has 22 heavy (non-hydrogen) atoms. The quantitative estimate of drug-likeness (QED) is 0.305. The van der Waals surface area contributed by atoms with Crippen LogP contribution in [0.3, 0.4) is 0 Å². The Morgan fingerprint density at radius 2 is 2.05 bits per heavy atom. The summed E-state index contributed by atoms with van der Waals surface area (Å²) in [7, 11) is 1.48. The highest BCUT2D eigenvalue weighted by Crippen LogP contribution is 2.28. The highest BCUT2D eigenvalue weighted by Gasteiger charge is 2.05. The molecular weight excluding hydrogens is 294 g/mol. The van der Waals surface area contributed by atoms with Crippen molar-refractivity contribution in [2.75, 3.05) is 20.3 Å². The van der Waals surface area contributed by atoms with Gasteiger partial charge in [-0.15, -0.1) is 10.1 Å². The van der Waals surface area contributed by atoms with Crippen molar-refractivity contribution in [2.45, 2.75) is 12.8 Å². The first-order chi connectivity index (χ1) is 10.5. The van der Waals surface area contributed by atoms with Gasteiger partial charge in [0.05, 0.1) is 20.3 Å². The van der Waals surface area contributed by atoms with Crippen LogP contribution in [-0.2, 0) is 9.63 Å². The molecule has 1 aromatic carbocycles. The molecule has 0 unspecified atom stereocenters. The zero-order valence-corrected chi connectivity index (χ0v) is 12.1. The van der Waals surface area contributed by atoms with Crippen molar-refractivity contribution in [3.8, 4) is 11.5 Å². The molecule has 0 atom stereocenters. The van der Waals surface area contributed by atoms with Gasteiger partial charge >= 0.3 is 5.97 Å². The van der Waals surface area contributed by atoms with Gasteiger partial charge in [0.25, 0.3) is 5.09 Å². The Hall–Kier alpha value is -2.77. The van der Waals surface area contributed by atoms with Crippen molar-refractivity contribution in [1.82, 2.24) is 0 Å². The summed E-state index contributed by atoms with van der Waals surface area (Å²) in [6, 6.07) is 5.03. The summed E-state index contributed by atoms with van der Waals surface area (Å²) < 4.78 is 10.7. The fraction of sp³-hybridized carbons (Fsp3) is 0.357. The number of nitrogens with zero attached hydrogens (tertiary/aromatic N) is 1. The lowest BCUT2D eigenvalue weighted by Gasteiger charge is -2.11. The van der Waals surface area contributed by atoms with E-state index in [1.807, 2.05) is 0 Å². The summed E-state index contributed by atoms with van der Waals surface area (Å²) in [6.45, 7) is 0.397. The van der Waals surface area contributed by atoms with Gasteiger partial charge in [0, 0.05) is 6.08 Å². The Kier molecular flexibility index (Phi) is 7.24. The molecule has 1 rings (SSSR count). The minimum absolute atomic E-state index is 0.0341. The molecule has 0 spiro atoms. The van der Waals surface area contributed by atoms with Gasteiger partial charge < -0.3 is 19.4 Å². The smallest absolute Gasteiger partial charge is 0.328 e. The van der Waals surface area contributed by atoms with Crippen molar-refractivity contribution < 1.29 is 29.3 Å². The number of rotatable bonds is 10. The number of carboxylic acid groups (broad SMARTS) is 1. The number of ether oxygens (including phenoxy) is 2. The maximum atomic E-state index is 10.5. The van der Waals surface area contributed by atoms with Crippen LogP contribution < -0.4 is 9.47 Å². The van der Waals surface area contributed by atoms with Crippen LogP contribution in [-0.4, -0.2) is 36.5 Å². The second kappa shape index (κ2) is 9.22. The van der Waals surface area contributed by atoms with Gasteiger partial charge in [-0.25, -0.2) is 4.79 Å². The Morgan fingerprint density at radius 1 is 1.32 bits per heavy atom. The minimum atomic E-state index is -1.03. The zero-order valence-electron chi connectivity index (χ0n) is 12.1. The number of carboxylic acids is 1. The number of aliphatic carboxylic acids is 1. The fourth-order valence-electron chi connectivity index (χ4n) is 1.60. The predicted molar refractivity (Wildman–Crippen MR) is 77.3 cm³/mol. The molecule has 1 N–H and O–H groups in total.